The lowest BCUT2D eigenvalue weighted by atomic mass is 9.50. The summed E-state index contributed by atoms with van der Waals surface area (Å²) in [6.07, 6.45) is 9.55. The van der Waals surface area contributed by atoms with E-state index in [1.54, 1.807) is 38.5 Å². The topological polar surface area (TPSA) is 0 Å². The first-order chi connectivity index (χ1) is 5.77. The first kappa shape index (κ1) is 6.45. The minimum atomic E-state index is 0.846. The van der Waals surface area contributed by atoms with E-state index in [2.05, 4.69) is 6.92 Å². The highest BCUT2D eigenvalue weighted by Gasteiger charge is 2.79. The number of hydrogen-bond donors (Lipinski definition) is 0. The quantitative estimate of drug-likeness (QED) is 0.555. The van der Waals surface area contributed by atoms with Crippen LogP contribution in [0.5, 0.6) is 0 Å². The van der Waals surface area contributed by atoms with Crippen LogP contribution in [0, 0.1) is 28.6 Å². The van der Waals surface area contributed by atoms with Crippen LogP contribution in [-0.4, -0.2) is 0 Å². The lowest BCUT2D eigenvalue weighted by molar-refractivity contribution is -0.0635. The Labute approximate surface area is 74.7 Å². The molecule has 0 aromatic heterocycles. The van der Waals surface area contributed by atoms with Crippen molar-refractivity contribution < 1.29 is 0 Å². The van der Waals surface area contributed by atoms with Crippen LogP contribution in [0.2, 0.25) is 0 Å². The largest absolute Gasteiger partial charge is 0.0588 e. The highest BCUT2D eigenvalue weighted by molar-refractivity contribution is 5.27. The van der Waals surface area contributed by atoms with Gasteiger partial charge in [0.1, 0.15) is 0 Å². The molecule has 12 heavy (non-hydrogen) atoms. The van der Waals surface area contributed by atoms with Gasteiger partial charge >= 0.3 is 0 Å². The van der Waals surface area contributed by atoms with Crippen molar-refractivity contribution in [1.29, 1.82) is 0 Å². The molecule has 0 amide bonds. The van der Waals surface area contributed by atoms with Gasteiger partial charge in [0, 0.05) is 0 Å². The van der Waals surface area contributed by atoms with Gasteiger partial charge in [-0.25, -0.2) is 0 Å². The fraction of sp³-hybridized carbons (Fsp3) is 1.00. The second-order valence-electron chi connectivity index (χ2n) is 6.11. The first-order valence-corrected chi connectivity index (χ1v) is 5.77. The lowest BCUT2D eigenvalue weighted by Crippen LogP contribution is -2.48. The summed E-state index contributed by atoms with van der Waals surface area (Å²) < 4.78 is 0. The average molecular weight is 162 g/mol. The molecule has 0 nitrogen and oxygen atoms in total. The van der Waals surface area contributed by atoms with E-state index in [0.717, 1.165) is 16.7 Å². The van der Waals surface area contributed by atoms with E-state index in [0.29, 0.717) is 0 Å². The summed E-state index contributed by atoms with van der Waals surface area (Å²) in [6, 6.07) is 0. The fourth-order valence-electron chi connectivity index (χ4n) is 5.16. The van der Waals surface area contributed by atoms with E-state index >= 15 is 0 Å². The van der Waals surface area contributed by atoms with Crippen LogP contribution in [-0.2, 0) is 0 Å². The van der Waals surface area contributed by atoms with Crippen molar-refractivity contribution in [3.8, 4) is 0 Å². The predicted molar refractivity (Wildman–Crippen MR) is 48.7 cm³/mol. The van der Waals surface area contributed by atoms with E-state index in [1.807, 2.05) is 0 Å². The molecule has 0 heterocycles. The van der Waals surface area contributed by atoms with Gasteiger partial charge in [0.05, 0.1) is 0 Å². The summed E-state index contributed by atoms with van der Waals surface area (Å²) in [5.41, 5.74) is 1.78. The van der Waals surface area contributed by atoms with E-state index < -0.39 is 0 Å². The maximum absolute atomic E-state index is 2.62. The molecule has 4 saturated carbocycles. The third-order valence-electron chi connectivity index (χ3n) is 5.96. The van der Waals surface area contributed by atoms with Crippen molar-refractivity contribution in [2.75, 3.05) is 0 Å². The van der Waals surface area contributed by atoms with Gasteiger partial charge in [0.15, 0.2) is 0 Å². The highest BCUT2D eigenvalue weighted by atomic mass is 14.8. The van der Waals surface area contributed by atoms with Crippen LogP contribution in [0.25, 0.3) is 0 Å². The van der Waals surface area contributed by atoms with Gasteiger partial charge in [-0.2, -0.15) is 0 Å². The summed E-state index contributed by atoms with van der Waals surface area (Å²) in [5.74, 6) is 3.55. The molecule has 1 spiro atoms. The van der Waals surface area contributed by atoms with Crippen molar-refractivity contribution in [3.63, 3.8) is 0 Å². The third kappa shape index (κ3) is 0.438. The molecule has 4 aliphatic rings. The molecule has 4 unspecified atom stereocenters. The molecule has 4 aliphatic carbocycles. The van der Waals surface area contributed by atoms with E-state index in [-0.39, 0.29) is 0 Å². The zero-order valence-electron chi connectivity index (χ0n) is 7.97. The van der Waals surface area contributed by atoms with Gasteiger partial charge in [-0.3, -0.25) is 0 Å². The molecule has 0 bridgehead atoms. The normalized spacial score (nSPS) is 66.8. The molecule has 66 valence electrons. The Morgan fingerprint density at radius 1 is 0.833 bits per heavy atom. The van der Waals surface area contributed by atoms with E-state index in [1.165, 1.54) is 11.8 Å². The van der Waals surface area contributed by atoms with Crippen LogP contribution in [0.1, 0.15) is 45.4 Å². The van der Waals surface area contributed by atoms with Gasteiger partial charge in [-0.05, 0) is 67.1 Å². The second kappa shape index (κ2) is 1.51. The number of rotatable bonds is 1. The Balaban J connectivity index is 1.75. The van der Waals surface area contributed by atoms with Crippen LogP contribution in [0.15, 0.2) is 0 Å². The lowest BCUT2D eigenvalue weighted by Gasteiger charge is -2.54. The maximum atomic E-state index is 2.62. The summed E-state index contributed by atoms with van der Waals surface area (Å²) in [6.45, 7) is 2.62. The minimum Gasteiger partial charge on any atom is -0.0588 e. The Morgan fingerprint density at radius 3 is 1.92 bits per heavy atom. The van der Waals surface area contributed by atoms with Gasteiger partial charge in [0.25, 0.3) is 0 Å². The zero-order valence-corrected chi connectivity index (χ0v) is 7.97. The molecular formula is C12H18. The summed E-state index contributed by atoms with van der Waals surface area (Å²) in [4.78, 5) is 0. The Hall–Kier alpha value is 0. The van der Waals surface area contributed by atoms with Crippen molar-refractivity contribution in [1.82, 2.24) is 0 Å². The molecule has 4 rings (SSSR count). The predicted octanol–water partition coefficient (Wildman–Crippen LogP) is 3.22. The molecule has 0 aliphatic heterocycles. The molecule has 0 saturated heterocycles. The molecule has 0 radical (unpaired) electrons. The average Bonchev–Trinajstić information content (AvgIpc) is 2.90. The minimum absolute atomic E-state index is 0.846. The summed E-state index contributed by atoms with van der Waals surface area (Å²) in [5, 5.41) is 0. The molecule has 0 aromatic carbocycles. The molecule has 0 heteroatoms. The van der Waals surface area contributed by atoms with E-state index in [9.17, 15) is 0 Å². The Morgan fingerprint density at radius 2 is 1.42 bits per heavy atom. The molecule has 4 atom stereocenters. The highest BCUT2D eigenvalue weighted by Crippen LogP contribution is 2.86. The molecule has 4 fully saturated rings. The molecule has 0 N–H and O–H groups in total. The van der Waals surface area contributed by atoms with Crippen molar-refractivity contribution in [3.05, 3.63) is 0 Å². The summed E-state index contributed by atoms with van der Waals surface area (Å²) in [7, 11) is 0. The Kier molecular flexibility index (Phi) is 0.811. The van der Waals surface area contributed by atoms with Crippen LogP contribution in [0.3, 0.4) is 0 Å². The third-order valence-corrected chi connectivity index (χ3v) is 5.96. The Bertz CT molecular complexity index is 251. The van der Waals surface area contributed by atoms with Crippen LogP contribution >= 0.6 is 0 Å². The van der Waals surface area contributed by atoms with Crippen LogP contribution in [0.4, 0.5) is 0 Å². The van der Waals surface area contributed by atoms with E-state index in [4.69, 9.17) is 0 Å². The fourth-order valence-corrected chi connectivity index (χ4v) is 5.16. The standard InChI is InChI=1S/C12H18/c1-11(8-2-3-8)6-9-4-5-10-7-12(9,10)11/h8-10H,2-7H2,1H3. The van der Waals surface area contributed by atoms with Crippen molar-refractivity contribution >= 4 is 0 Å². The van der Waals surface area contributed by atoms with Crippen LogP contribution < -0.4 is 0 Å². The van der Waals surface area contributed by atoms with Gasteiger partial charge in [0.2, 0.25) is 0 Å². The van der Waals surface area contributed by atoms with Crippen molar-refractivity contribution in [2.24, 2.45) is 28.6 Å². The molecule has 0 aromatic rings. The zero-order chi connectivity index (χ0) is 7.97. The number of hydrogen-bond acceptors (Lipinski definition) is 0. The smallest absolute Gasteiger partial charge is 0.0181 e. The van der Waals surface area contributed by atoms with Gasteiger partial charge < -0.3 is 0 Å². The molecular weight excluding hydrogens is 144 g/mol. The SMILES string of the molecule is CC1(C2CC2)CC2CCC3CC231. The van der Waals surface area contributed by atoms with Gasteiger partial charge in [-0.1, -0.05) is 6.92 Å². The monoisotopic (exact) mass is 162 g/mol. The summed E-state index contributed by atoms with van der Waals surface area (Å²) >= 11 is 0. The first-order valence-electron chi connectivity index (χ1n) is 5.77. The second-order valence-corrected chi connectivity index (χ2v) is 6.11. The van der Waals surface area contributed by atoms with Gasteiger partial charge in [-0.15, -0.1) is 0 Å². The van der Waals surface area contributed by atoms with Crippen molar-refractivity contribution in [2.45, 2.75) is 45.4 Å². The maximum Gasteiger partial charge on any atom is -0.0181 e.